The lowest BCUT2D eigenvalue weighted by molar-refractivity contribution is -0.127. The second kappa shape index (κ2) is 4.43. The number of amides is 1. The van der Waals surface area contributed by atoms with Gasteiger partial charge in [-0.1, -0.05) is 13.3 Å². The first-order valence-electron chi connectivity index (χ1n) is 5.53. The van der Waals surface area contributed by atoms with E-state index in [1.165, 1.54) is 0 Å². The second-order valence-corrected chi connectivity index (χ2v) is 3.98. The summed E-state index contributed by atoms with van der Waals surface area (Å²) in [6, 6.07) is 5.45. The van der Waals surface area contributed by atoms with Crippen LogP contribution in [0.2, 0.25) is 0 Å². The van der Waals surface area contributed by atoms with Crippen LogP contribution in [-0.2, 0) is 11.3 Å². The predicted octanol–water partition coefficient (Wildman–Crippen LogP) is 1.45. The summed E-state index contributed by atoms with van der Waals surface area (Å²) < 4.78 is 5.70. The van der Waals surface area contributed by atoms with Crippen LogP contribution < -0.4 is 15.8 Å². The van der Waals surface area contributed by atoms with Gasteiger partial charge < -0.3 is 15.8 Å². The third-order valence-electron chi connectivity index (χ3n) is 2.65. The van der Waals surface area contributed by atoms with Crippen LogP contribution in [0.15, 0.2) is 18.2 Å². The van der Waals surface area contributed by atoms with Gasteiger partial charge in [-0.3, -0.25) is 4.79 Å². The number of nitrogens with one attached hydrogen (secondary N) is 1. The average Bonchev–Trinajstić information content (AvgIpc) is 2.41. The summed E-state index contributed by atoms with van der Waals surface area (Å²) in [6.45, 7) is 2.52. The van der Waals surface area contributed by atoms with Crippen molar-refractivity contribution in [3.8, 4) is 5.75 Å². The lowest BCUT2D eigenvalue weighted by atomic mass is 10.2. The number of anilines is 1. The average molecular weight is 220 g/mol. The number of ether oxygens (including phenoxy) is 1. The van der Waals surface area contributed by atoms with Gasteiger partial charge >= 0.3 is 0 Å². The molecule has 16 heavy (non-hydrogen) atoms. The van der Waals surface area contributed by atoms with Crippen LogP contribution in [0, 0.1) is 0 Å². The molecule has 1 aliphatic heterocycles. The highest BCUT2D eigenvalue weighted by molar-refractivity contribution is 5.81. The smallest absolute Gasteiger partial charge is 0.261 e. The number of rotatable bonds is 2. The number of hydrogen-bond donors (Lipinski definition) is 2. The molecule has 1 aromatic rings. The Morgan fingerprint density at radius 3 is 3.12 bits per heavy atom. The van der Waals surface area contributed by atoms with E-state index in [1.807, 2.05) is 19.1 Å². The van der Waals surface area contributed by atoms with E-state index < -0.39 is 0 Å². The van der Waals surface area contributed by atoms with E-state index in [0.717, 1.165) is 24.2 Å². The molecule has 86 valence electrons. The molecule has 0 saturated carbocycles. The largest absolute Gasteiger partial charge is 0.480 e. The van der Waals surface area contributed by atoms with Crippen LogP contribution in [0.5, 0.6) is 5.75 Å². The molecule has 4 heteroatoms. The first-order chi connectivity index (χ1) is 7.70. The third-order valence-corrected chi connectivity index (χ3v) is 2.65. The van der Waals surface area contributed by atoms with E-state index in [1.54, 1.807) is 6.07 Å². The van der Waals surface area contributed by atoms with Crippen molar-refractivity contribution in [1.29, 1.82) is 0 Å². The molecule has 1 amide bonds. The maximum absolute atomic E-state index is 11.7. The molecule has 1 aliphatic rings. The van der Waals surface area contributed by atoms with Gasteiger partial charge in [-0.2, -0.15) is 0 Å². The minimum atomic E-state index is -0.380. The van der Waals surface area contributed by atoms with Crippen molar-refractivity contribution in [1.82, 2.24) is 5.32 Å². The van der Waals surface area contributed by atoms with Crippen molar-refractivity contribution in [2.24, 2.45) is 0 Å². The van der Waals surface area contributed by atoms with Crippen molar-refractivity contribution in [3.63, 3.8) is 0 Å². The van der Waals surface area contributed by atoms with Crippen LogP contribution in [-0.4, -0.2) is 12.0 Å². The fraction of sp³-hybridized carbons (Fsp3) is 0.417. The summed E-state index contributed by atoms with van der Waals surface area (Å²) in [7, 11) is 0. The van der Waals surface area contributed by atoms with Crippen molar-refractivity contribution < 1.29 is 9.53 Å². The molecule has 0 aliphatic carbocycles. The Morgan fingerprint density at radius 1 is 1.56 bits per heavy atom. The van der Waals surface area contributed by atoms with E-state index in [0.29, 0.717) is 12.2 Å². The molecule has 0 saturated heterocycles. The maximum Gasteiger partial charge on any atom is 0.261 e. The Morgan fingerprint density at radius 2 is 2.38 bits per heavy atom. The first kappa shape index (κ1) is 10.8. The predicted molar refractivity (Wildman–Crippen MR) is 62.0 cm³/mol. The van der Waals surface area contributed by atoms with Crippen molar-refractivity contribution in [2.45, 2.75) is 32.4 Å². The highest BCUT2D eigenvalue weighted by Gasteiger charge is 2.23. The van der Waals surface area contributed by atoms with Gasteiger partial charge in [0.25, 0.3) is 5.91 Å². The molecule has 3 N–H and O–H groups in total. The molecule has 0 radical (unpaired) electrons. The fourth-order valence-electron chi connectivity index (χ4n) is 1.81. The Balaban J connectivity index is 2.26. The third kappa shape index (κ3) is 2.10. The maximum atomic E-state index is 11.7. The zero-order chi connectivity index (χ0) is 11.5. The van der Waals surface area contributed by atoms with Crippen molar-refractivity contribution in [2.75, 3.05) is 5.73 Å². The fourth-order valence-corrected chi connectivity index (χ4v) is 1.81. The normalized spacial score (nSPS) is 19.3. The zero-order valence-corrected chi connectivity index (χ0v) is 9.32. The zero-order valence-electron chi connectivity index (χ0n) is 9.32. The van der Waals surface area contributed by atoms with Gasteiger partial charge in [-0.05, 0) is 24.6 Å². The lowest BCUT2D eigenvalue weighted by Crippen LogP contribution is -2.35. The molecule has 1 heterocycles. The molecule has 0 aromatic heterocycles. The number of nitrogen functional groups attached to an aromatic ring is 1. The summed E-state index contributed by atoms with van der Waals surface area (Å²) in [5.41, 5.74) is 7.32. The molecule has 1 aromatic carbocycles. The summed E-state index contributed by atoms with van der Waals surface area (Å²) in [5, 5.41) is 2.84. The summed E-state index contributed by atoms with van der Waals surface area (Å²) in [4.78, 5) is 11.7. The van der Waals surface area contributed by atoms with Gasteiger partial charge in [0.1, 0.15) is 5.75 Å². The number of carbonyl (C=O) groups is 1. The SMILES string of the molecule is CCCC1Oc2ccc(N)cc2CNC1=O. The quantitative estimate of drug-likeness (QED) is 0.741. The summed E-state index contributed by atoms with van der Waals surface area (Å²) in [6.07, 6.45) is 1.27. The molecule has 0 bridgehead atoms. The molecule has 0 fully saturated rings. The van der Waals surface area contributed by atoms with E-state index >= 15 is 0 Å². The van der Waals surface area contributed by atoms with Crippen LogP contribution in [0.4, 0.5) is 5.69 Å². The summed E-state index contributed by atoms with van der Waals surface area (Å²) >= 11 is 0. The monoisotopic (exact) mass is 220 g/mol. The van der Waals surface area contributed by atoms with Gasteiger partial charge in [0, 0.05) is 17.8 Å². The molecule has 1 atom stereocenters. The molecule has 4 nitrogen and oxygen atoms in total. The molecule has 2 rings (SSSR count). The Labute approximate surface area is 94.8 Å². The topological polar surface area (TPSA) is 64.3 Å². The number of nitrogens with two attached hydrogens (primary N) is 1. The summed E-state index contributed by atoms with van der Waals surface area (Å²) in [5.74, 6) is 0.711. The Bertz CT molecular complexity index is 404. The van der Waals surface area contributed by atoms with Crippen LogP contribution in [0.3, 0.4) is 0 Å². The number of fused-ring (bicyclic) bond motifs is 1. The first-order valence-corrected chi connectivity index (χ1v) is 5.53. The molecular weight excluding hydrogens is 204 g/mol. The second-order valence-electron chi connectivity index (χ2n) is 3.98. The van der Waals surface area contributed by atoms with Crippen molar-refractivity contribution >= 4 is 11.6 Å². The van der Waals surface area contributed by atoms with Gasteiger partial charge in [-0.25, -0.2) is 0 Å². The van der Waals surface area contributed by atoms with Crippen LogP contribution >= 0.6 is 0 Å². The van der Waals surface area contributed by atoms with E-state index in [4.69, 9.17) is 10.5 Å². The lowest BCUT2D eigenvalue weighted by Gasteiger charge is -2.14. The standard InChI is InChI=1S/C12H16N2O2/c1-2-3-11-12(15)14-7-8-6-9(13)4-5-10(8)16-11/h4-6,11H,2-3,7,13H2,1H3,(H,14,15). The van der Waals surface area contributed by atoms with Crippen LogP contribution in [0.1, 0.15) is 25.3 Å². The molecular formula is C12H16N2O2. The highest BCUT2D eigenvalue weighted by Crippen LogP contribution is 2.25. The van der Waals surface area contributed by atoms with E-state index in [2.05, 4.69) is 5.32 Å². The minimum absolute atomic E-state index is 0.0448. The van der Waals surface area contributed by atoms with Gasteiger partial charge in [0.05, 0.1) is 0 Å². The molecule has 0 spiro atoms. The highest BCUT2D eigenvalue weighted by atomic mass is 16.5. The number of benzene rings is 1. The van der Waals surface area contributed by atoms with Gasteiger partial charge in [-0.15, -0.1) is 0 Å². The number of hydrogen-bond acceptors (Lipinski definition) is 3. The minimum Gasteiger partial charge on any atom is -0.480 e. The van der Waals surface area contributed by atoms with Gasteiger partial charge in [0.2, 0.25) is 0 Å². The van der Waals surface area contributed by atoms with E-state index in [9.17, 15) is 4.79 Å². The van der Waals surface area contributed by atoms with Crippen LogP contribution in [0.25, 0.3) is 0 Å². The van der Waals surface area contributed by atoms with Crippen molar-refractivity contribution in [3.05, 3.63) is 23.8 Å². The van der Waals surface area contributed by atoms with E-state index in [-0.39, 0.29) is 12.0 Å². The Kier molecular flexibility index (Phi) is 2.99. The van der Waals surface area contributed by atoms with Gasteiger partial charge in [0.15, 0.2) is 6.10 Å². The molecule has 1 unspecified atom stereocenters. The Hall–Kier alpha value is -1.71. The number of carbonyl (C=O) groups excluding carboxylic acids is 1.